The van der Waals surface area contributed by atoms with Crippen molar-refractivity contribution in [3.63, 3.8) is 0 Å². The van der Waals surface area contributed by atoms with Gasteiger partial charge in [0.05, 0.1) is 7.11 Å². The second-order valence-corrected chi connectivity index (χ2v) is 5.86. The van der Waals surface area contributed by atoms with Gasteiger partial charge in [0.1, 0.15) is 5.75 Å². The van der Waals surface area contributed by atoms with Crippen molar-refractivity contribution in [2.45, 2.75) is 43.9 Å². The first-order chi connectivity index (χ1) is 10.6. The molecule has 1 aromatic carbocycles. The lowest BCUT2D eigenvalue weighted by atomic mass is 9.78. The number of carbonyl (C=O) groups excluding carboxylic acids is 2. The summed E-state index contributed by atoms with van der Waals surface area (Å²) in [6, 6.07) is 7.98. The lowest BCUT2D eigenvalue weighted by Crippen LogP contribution is -2.39. The summed E-state index contributed by atoms with van der Waals surface area (Å²) in [7, 11) is 1.64. The van der Waals surface area contributed by atoms with Crippen molar-refractivity contribution >= 4 is 11.9 Å². The van der Waals surface area contributed by atoms with E-state index in [0.717, 1.165) is 31.4 Å². The number of hydrogen-bond acceptors (Lipinski definition) is 4. The summed E-state index contributed by atoms with van der Waals surface area (Å²) in [5, 5.41) is 13.3. The highest BCUT2D eigenvalue weighted by atomic mass is 16.5. The van der Waals surface area contributed by atoms with Crippen molar-refractivity contribution in [2.75, 3.05) is 13.7 Å². The average molecular weight is 304 g/mol. The standard InChI is InChI=1S/C17H23NO4/c1-22-14-6-4-13(5-7-14)17(10-2-3-11-17)12-18-15(19)8-9-16(20)21/h4-7H,2-3,8-12H2,1H3,(H,18,19)(H,20,21)/p-1. The number of carbonyl (C=O) groups is 2. The number of amides is 1. The first-order valence-corrected chi connectivity index (χ1v) is 7.67. The zero-order chi connectivity index (χ0) is 16.0. The molecule has 0 radical (unpaired) electrons. The maximum absolute atomic E-state index is 11.8. The molecule has 2 rings (SSSR count). The van der Waals surface area contributed by atoms with Crippen LogP contribution in [-0.2, 0) is 15.0 Å². The van der Waals surface area contributed by atoms with Gasteiger partial charge in [0, 0.05) is 24.3 Å². The third kappa shape index (κ3) is 4.00. The molecule has 0 heterocycles. The van der Waals surface area contributed by atoms with Gasteiger partial charge in [-0.1, -0.05) is 25.0 Å². The molecule has 1 N–H and O–H groups in total. The summed E-state index contributed by atoms with van der Waals surface area (Å²) in [5.41, 5.74) is 1.15. The summed E-state index contributed by atoms with van der Waals surface area (Å²) < 4.78 is 5.19. The Morgan fingerprint density at radius 3 is 2.36 bits per heavy atom. The maximum atomic E-state index is 11.8. The molecule has 22 heavy (non-hydrogen) atoms. The Bertz CT molecular complexity index is 518. The summed E-state index contributed by atoms with van der Waals surface area (Å²) in [6.07, 6.45) is 4.07. The van der Waals surface area contributed by atoms with Gasteiger partial charge in [0.2, 0.25) is 5.91 Å². The lowest BCUT2D eigenvalue weighted by molar-refractivity contribution is -0.305. The number of rotatable bonds is 7. The molecular weight excluding hydrogens is 282 g/mol. The van der Waals surface area contributed by atoms with E-state index in [2.05, 4.69) is 17.4 Å². The molecule has 1 aliphatic rings. The van der Waals surface area contributed by atoms with Gasteiger partial charge in [-0.05, 0) is 37.0 Å². The first-order valence-electron chi connectivity index (χ1n) is 7.67. The normalized spacial score (nSPS) is 16.2. The Morgan fingerprint density at radius 2 is 1.82 bits per heavy atom. The first kappa shape index (κ1) is 16.3. The number of nitrogens with one attached hydrogen (secondary N) is 1. The number of methoxy groups -OCH3 is 1. The number of hydrogen-bond donors (Lipinski definition) is 1. The Hall–Kier alpha value is -2.04. The third-order valence-electron chi connectivity index (χ3n) is 4.44. The maximum Gasteiger partial charge on any atom is 0.220 e. The fourth-order valence-electron chi connectivity index (χ4n) is 3.14. The zero-order valence-electron chi connectivity index (χ0n) is 12.9. The van der Waals surface area contributed by atoms with Crippen LogP contribution in [0.5, 0.6) is 5.75 Å². The smallest absolute Gasteiger partial charge is 0.220 e. The van der Waals surface area contributed by atoms with E-state index < -0.39 is 5.97 Å². The van der Waals surface area contributed by atoms with E-state index in [1.165, 1.54) is 5.56 Å². The monoisotopic (exact) mass is 304 g/mol. The number of benzene rings is 1. The van der Waals surface area contributed by atoms with E-state index in [1.807, 2.05) is 12.1 Å². The highest BCUT2D eigenvalue weighted by molar-refractivity contribution is 5.80. The van der Waals surface area contributed by atoms with Crippen LogP contribution in [0.3, 0.4) is 0 Å². The van der Waals surface area contributed by atoms with E-state index >= 15 is 0 Å². The van der Waals surface area contributed by atoms with Crippen LogP contribution in [0, 0.1) is 0 Å². The van der Waals surface area contributed by atoms with Crippen molar-refractivity contribution in [1.82, 2.24) is 5.32 Å². The number of carboxylic acids is 1. The fraction of sp³-hybridized carbons (Fsp3) is 0.529. The Kier molecular flexibility index (Phi) is 5.41. The predicted octanol–water partition coefficient (Wildman–Crippen LogP) is 1.15. The highest BCUT2D eigenvalue weighted by Gasteiger charge is 2.35. The van der Waals surface area contributed by atoms with Crippen LogP contribution >= 0.6 is 0 Å². The average Bonchev–Trinajstić information content (AvgIpc) is 3.01. The van der Waals surface area contributed by atoms with Gasteiger partial charge in [-0.3, -0.25) is 4.79 Å². The molecule has 120 valence electrons. The fourth-order valence-corrected chi connectivity index (χ4v) is 3.14. The largest absolute Gasteiger partial charge is 0.550 e. The summed E-state index contributed by atoms with van der Waals surface area (Å²) >= 11 is 0. The second kappa shape index (κ2) is 7.29. The van der Waals surface area contributed by atoms with Crippen LogP contribution in [0.4, 0.5) is 0 Å². The molecule has 0 unspecified atom stereocenters. The van der Waals surface area contributed by atoms with Gasteiger partial charge < -0.3 is 20.0 Å². The molecule has 0 aliphatic heterocycles. The van der Waals surface area contributed by atoms with Gasteiger partial charge in [0.25, 0.3) is 0 Å². The number of ether oxygens (including phenoxy) is 1. The van der Waals surface area contributed by atoms with Crippen LogP contribution in [0.25, 0.3) is 0 Å². The molecule has 0 atom stereocenters. The number of carboxylic acid groups (broad SMARTS) is 1. The molecule has 0 aromatic heterocycles. The van der Waals surface area contributed by atoms with Gasteiger partial charge in [-0.25, -0.2) is 0 Å². The van der Waals surface area contributed by atoms with E-state index in [4.69, 9.17) is 4.74 Å². The summed E-state index contributed by atoms with van der Waals surface area (Å²) in [4.78, 5) is 22.2. The van der Waals surface area contributed by atoms with Crippen molar-refractivity contribution in [1.29, 1.82) is 0 Å². The number of aliphatic carboxylic acids is 1. The minimum atomic E-state index is -1.19. The predicted molar refractivity (Wildman–Crippen MR) is 80.4 cm³/mol. The van der Waals surface area contributed by atoms with E-state index in [-0.39, 0.29) is 24.2 Å². The Balaban J connectivity index is 2.01. The van der Waals surface area contributed by atoms with Gasteiger partial charge in [-0.15, -0.1) is 0 Å². The van der Waals surface area contributed by atoms with Crippen molar-refractivity contribution in [3.8, 4) is 5.75 Å². The summed E-state index contributed by atoms with van der Waals surface area (Å²) in [6.45, 7) is 0.547. The molecule has 1 aliphatic carbocycles. The third-order valence-corrected chi connectivity index (χ3v) is 4.44. The van der Waals surface area contributed by atoms with Crippen LogP contribution in [0.1, 0.15) is 44.1 Å². The van der Waals surface area contributed by atoms with E-state index in [9.17, 15) is 14.7 Å². The van der Waals surface area contributed by atoms with E-state index in [0.29, 0.717) is 6.54 Å². The van der Waals surface area contributed by atoms with Crippen LogP contribution in [0.2, 0.25) is 0 Å². The zero-order valence-corrected chi connectivity index (χ0v) is 12.9. The Labute approximate surface area is 130 Å². The lowest BCUT2D eigenvalue weighted by Gasteiger charge is -2.30. The topological polar surface area (TPSA) is 78.5 Å². The van der Waals surface area contributed by atoms with Gasteiger partial charge in [0.15, 0.2) is 0 Å². The molecule has 1 saturated carbocycles. The molecule has 5 heteroatoms. The van der Waals surface area contributed by atoms with Crippen LogP contribution in [0.15, 0.2) is 24.3 Å². The van der Waals surface area contributed by atoms with E-state index in [1.54, 1.807) is 7.11 Å². The minimum absolute atomic E-state index is 0.0268. The van der Waals surface area contributed by atoms with Crippen LogP contribution in [-0.4, -0.2) is 25.5 Å². The highest BCUT2D eigenvalue weighted by Crippen LogP contribution is 2.41. The van der Waals surface area contributed by atoms with Crippen molar-refractivity contribution in [3.05, 3.63) is 29.8 Å². The van der Waals surface area contributed by atoms with Gasteiger partial charge >= 0.3 is 0 Å². The molecular formula is C17H22NO4-. The Morgan fingerprint density at radius 1 is 1.18 bits per heavy atom. The SMILES string of the molecule is COc1ccc(C2(CNC(=O)CCC(=O)[O-])CCCC2)cc1. The van der Waals surface area contributed by atoms with Gasteiger partial charge in [-0.2, -0.15) is 0 Å². The molecule has 5 nitrogen and oxygen atoms in total. The molecule has 0 spiro atoms. The second-order valence-electron chi connectivity index (χ2n) is 5.86. The quantitative estimate of drug-likeness (QED) is 0.819. The molecule has 1 fully saturated rings. The molecule has 0 bridgehead atoms. The molecule has 1 amide bonds. The van der Waals surface area contributed by atoms with Crippen molar-refractivity contribution in [2.24, 2.45) is 0 Å². The minimum Gasteiger partial charge on any atom is -0.550 e. The van der Waals surface area contributed by atoms with Crippen molar-refractivity contribution < 1.29 is 19.4 Å². The molecule has 0 saturated heterocycles. The molecule has 1 aromatic rings. The van der Waals surface area contributed by atoms with Crippen LogP contribution < -0.4 is 15.2 Å². The summed E-state index contributed by atoms with van der Waals surface area (Å²) in [5.74, 6) is -0.611.